The van der Waals surface area contributed by atoms with Crippen LogP contribution in [-0.4, -0.2) is 29.7 Å². The Hall–Kier alpha value is -2.87. The highest BCUT2D eigenvalue weighted by Gasteiger charge is 2.11. The van der Waals surface area contributed by atoms with Crippen LogP contribution in [0.15, 0.2) is 53.4 Å². The van der Waals surface area contributed by atoms with Gasteiger partial charge in [-0.05, 0) is 30.3 Å². The fourth-order valence-electron chi connectivity index (χ4n) is 1.80. The maximum absolute atomic E-state index is 12.1. The lowest BCUT2D eigenvalue weighted by molar-refractivity contribution is -0.384. The van der Waals surface area contributed by atoms with Crippen molar-refractivity contribution in [1.29, 1.82) is 0 Å². The molecule has 0 saturated carbocycles. The van der Waals surface area contributed by atoms with Crippen LogP contribution >= 0.6 is 11.8 Å². The van der Waals surface area contributed by atoms with Crippen LogP contribution in [0.1, 0.15) is 10.4 Å². The number of carbonyl (C=O) groups excluding carboxylic acids is 2. The number of hydrogen-bond donors (Lipinski definition) is 1. The predicted molar refractivity (Wildman–Crippen MR) is 90.2 cm³/mol. The molecule has 2 rings (SSSR count). The third kappa shape index (κ3) is 4.82. The van der Waals surface area contributed by atoms with Crippen molar-refractivity contribution in [3.05, 3.63) is 64.2 Å². The van der Waals surface area contributed by atoms with E-state index in [4.69, 9.17) is 0 Å². The Morgan fingerprint density at radius 3 is 2.54 bits per heavy atom. The SMILES string of the molecule is COC(=O)CSc1ccc(NC(=O)c2cccc([N+](=O)[O-])c2)cc1. The Morgan fingerprint density at radius 1 is 1.21 bits per heavy atom. The molecule has 1 N–H and O–H groups in total. The van der Waals surface area contributed by atoms with E-state index in [1.807, 2.05) is 0 Å². The van der Waals surface area contributed by atoms with E-state index in [0.717, 1.165) is 4.90 Å². The third-order valence-electron chi connectivity index (χ3n) is 3.02. The number of nitro benzene ring substituents is 1. The Bertz CT molecular complexity index is 761. The molecule has 8 heteroatoms. The molecular weight excluding hydrogens is 332 g/mol. The van der Waals surface area contributed by atoms with Crippen LogP contribution in [0.5, 0.6) is 0 Å². The summed E-state index contributed by atoms with van der Waals surface area (Å²) in [4.78, 5) is 34.3. The number of esters is 1. The molecule has 1 amide bonds. The number of anilines is 1. The number of benzene rings is 2. The Balaban J connectivity index is 2.00. The quantitative estimate of drug-likeness (QED) is 0.373. The summed E-state index contributed by atoms with van der Waals surface area (Å²) >= 11 is 1.32. The summed E-state index contributed by atoms with van der Waals surface area (Å²) in [5.41, 5.74) is 0.611. The largest absolute Gasteiger partial charge is 0.468 e. The molecule has 0 radical (unpaired) electrons. The number of methoxy groups -OCH3 is 1. The maximum atomic E-state index is 12.1. The van der Waals surface area contributed by atoms with Gasteiger partial charge in [-0.25, -0.2) is 0 Å². The zero-order valence-electron chi connectivity index (χ0n) is 12.7. The first-order chi connectivity index (χ1) is 11.5. The van der Waals surface area contributed by atoms with E-state index in [9.17, 15) is 19.7 Å². The average molecular weight is 346 g/mol. The molecule has 0 heterocycles. The smallest absolute Gasteiger partial charge is 0.315 e. The van der Waals surface area contributed by atoms with Gasteiger partial charge in [0.05, 0.1) is 17.8 Å². The van der Waals surface area contributed by atoms with Crippen LogP contribution in [0.3, 0.4) is 0 Å². The Kier molecular flexibility index (Phi) is 5.91. The molecule has 0 unspecified atom stereocenters. The summed E-state index contributed by atoms with van der Waals surface area (Å²) in [6.07, 6.45) is 0. The summed E-state index contributed by atoms with van der Waals surface area (Å²) in [6, 6.07) is 12.4. The second-order valence-corrected chi connectivity index (χ2v) is 5.70. The van der Waals surface area contributed by atoms with Crippen LogP contribution in [0, 0.1) is 10.1 Å². The first-order valence-corrected chi connectivity index (χ1v) is 7.83. The highest BCUT2D eigenvalue weighted by molar-refractivity contribution is 8.00. The number of hydrogen-bond acceptors (Lipinski definition) is 6. The average Bonchev–Trinajstić information content (AvgIpc) is 2.60. The molecule has 124 valence electrons. The number of nitrogens with one attached hydrogen (secondary N) is 1. The number of rotatable bonds is 6. The molecule has 2 aromatic carbocycles. The van der Waals surface area contributed by atoms with E-state index in [-0.39, 0.29) is 23.0 Å². The number of nitrogens with zero attached hydrogens (tertiary/aromatic N) is 1. The molecule has 0 aliphatic rings. The van der Waals surface area contributed by atoms with Crippen molar-refractivity contribution in [3.8, 4) is 0 Å². The van der Waals surface area contributed by atoms with Gasteiger partial charge in [0.15, 0.2) is 0 Å². The van der Waals surface area contributed by atoms with Crippen LogP contribution in [0.4, 0.5) is 11.4 Å². The van der Waals surface area contributed by atoms with E-state index in [0.29, 0.717) is 5.69 Å². The van der Waals surface area contributed by atoms with Gasteiger partial charge >= 0.3 is 5.97 Å². The lowest BCUT2D eigenvalue weighted by Gasteiger charge is -2.06. The van der Waals surface area contributed by atoms with Gasteiger partial charge in [-0.3, -0.25) is 19.7 Å². The number of nitro groups is 1. The molecule has 0 fully saturated rings. The van der Waals surface area contributed by atoms with Crippen molar-refractivity contribution in [2.45, 2.75) is 4.90 Å². The molecule has 0 spiro atoms. The molecule has 0 aliphatic heterocycles. The van der Waals surface area contributed by atoms with E-state index < -0.39 is 10.8 Å². The van der Waals surface area contributed by atoms with Gasteiger partial charge in [0.1, 0.15) is 0 Å². The molecule has 0 aliphatic carbocycles. The normalized spacial score (nSPS) is 10.0. The summed E-state index contributed by atoms with van der Waals surface area (Å²) in [6.45, 7) is 0. The van der Waals surface area contributed by atoms with Crippen molar-refractivity contribution in [1.82, 2.24) is 0 Å². The van der Waals surface area contributed by atoms with Gasteiger partial charge in [-0.1, -0.05) is 6.07 Å². The second-order valence-electron chi connectivity index (χ2n) is 4.65. The lowest BCUT2D eigenvalue weighted by atomic mass is 10.2. The molecule has 7 nitrogen and oxygen atoms in total. The summed E-state index contributed by atoms with van der Waals surface area (Å²) in [7, 11) is 1.33. The predicted octanol–water partition coefficient (Wildman–Crippen LogP) is 3.11. The Morgan fingerprint density at radius 2 is 1.92 bits per heavy atom. The van der Waals surface area contributed by atoms with Crippen molar-refractivity contribution in [2.24, 2.45) is 0 Å². The molecular formula is C16H14N2O5S. The van der Waals surface area contributed by atoms with Crippen LogP contribution in [0.25, 0.3) is 0 Å². The lowest BCUT2D eigenvalue weighted by Crippen LogP contribution is -2.12. The molecule has 24 heavy (non-hydrogen) atoms. The van der Waals surface area contributed by atoms with Crippen LogP contribution in [-0.2, 0) is 9.53 Å². The highest BCUT2D eigenvalue weighted by Crippen LogP contribution is 2.21. The maximum Gasteiger partial charge on any atom is 0.315 e. The minimum absolute atomic E-state index is 0.141. The number of ether oxygens (including phenoxy) is 1. The topological polar surface area (TPSA) is 98.5 Å². The molecule has 0 bridgehead atoms. The second kappa shape index (κ2) is 8.11. The van der Waals surface area contributed by atoms with E-state index in [1.54, 1.807) is 24.3 Å². The van der Waals surface area contributed by atoms with Gasteiger partial charge in [-0.15, -0.1) is 11.8 Å². The highest BCUT2D eigenvalue weighted by atomic mass is 32.2. The van der Waals surface area contributed by atoms with Crippen molar-refractivity contribution in [3.63, 3.8) is 0 Å². The van der Waals surface area contributed by atoms with Gasteiger partial charge < -0.3 is 10.1 Å². The summed E-state index contributed by atoms with van der Waals surface area (Å²) in [5.74, 6) is -0.549. The minimum Gasteiger partial charge on any atom is -0.468 e. The molecule has 2 aromatic rings. The fourth-order valence-corrected chi connectivity index (χ4v) is 2.53. The van der Waals surface area contributed by atoms with Crippen molar-refractivity contribution < 1.29 is 19.2 Å². The van der Waals surface area contributed by atoms with Crippen molar-refractivity contribution in [2.75, 3.05) is 18.2 Å². The standard InChI is InChI=1S/C16H14N2O5S/c1-23-15(19)10-24-14-7-5-12(6-8-14)17-16(20)11-3-2-4-13(9-11)18(21)22/h2-9H,10H2,1H3,(H,17,20). The zero-order chi connectivity index (χ0) is 17.5. The van der Waals surface area contributed by atoms with Gasteiger partial charge in [0, 0.05) is 28.3 Å². The first-order valence-electron chi connectivity index (χ1n) is 6.85. The zero-order valence-corrected chi connectivity index (χ0v) is 13.5. The van der Waals surface area contributed by atoms with Gasteiger partial charge in [0.25, 0.3) is 11.6 Å². The van der Waals surface area contributed by atoms with E-state index in [1.165, 1.54) is 43.1 Å². The van der Waals surface area contributed by atoms with Gasteiger partial charge in [-0.2, -0.15) is 0 Å². The molecule has 0 atom stereocenters. The summed E-state index contributed by atoms with van der Waals surface area (Å²) < 4.78 is 4.56. The van der Waals surface area contributed by atoms with E-state index >= 15 is 0 Å². The monoisotopic (exact) mass is 346 g/mol. The fraction of sp³-hybridized carbons (Fsp3) is 0.125. The van der Waals surface area contributed by atoms with Gasteiger partial charge in [0.2, 0.25) is 0 Å². The molecule has 0 aromatic heterocycles. The number of carbonyl (C=O) groups is 2. The first kappa shape index (κ1) is 17.5. The third-order valence-corrected chi connectivity index (χ3v) is 4.00. The van der Waals surface area contributed by atoms with Crippen LogP contribution in [0.2, 0.25) is 0 Å². The number of non-ortho nitro benzene ring substituents is 1. The number of amides is 1. The van der Waals surface area contributed by atoms with Crippen molar-refractivity contribution >= 4 is 35.0 Å². The van der Waals surface area contributed by atoms with E-state index in [2.05, 4.69) is 10.1 Å². The summed E-state index contributed by atoms with van der Waals surface area (Å²) in [5, 5.41) is 13.4. The van der Waals surface area contributed by atoms with Crippen LogP contribution < -0.4 is 5.32 Å². The number of thioether (sulfide) groups is 1. The minimum atomic E-state index is -0.551. The molecule has 0 saturated heterocycles. The Labute approximate surface area is 142 Å².